The highest BCUT2D eigenvalue weighted by molar-refractivity contribution is 5.86. The Balaban J connectivity index is 0.00000324. The Morgan fingerprint density at radius 3 is 2.16 bits per heavy atom. The summed E-state index contributed by atoms with van der Waals surface area (Å²) in [6, 6.07) is 0. The van der Waals surface area contributed by atoms with Gasteiger partial charge in [0.05, 0.1) is 6.54 Å². The molecule has 6 heteroatoms. The van der Waals surface area contributed by atoms with Gasteiger partial charge in [-0.1, -0.05) is 6.92 Å². The van der Waals surface area contributed by atoms with Crippen LogP contribution >= 0.6 is 12.4 Å². The van der Waals surface area contributed by atoms with E-state index in [1.54, 1.807) is 16.8 Å². The number of carbonyl (C=O) groups is 2. The van der Waals surface area contributed by atoms with Crippen LogP contribution in [0, 0.1) is 11.8 Å². The van der Waals surface area contributed by atoms with Gasteiger partial charge in [-0.3, -0.25) is 9.59 Å². The molecule has 0 aromatic heterocycles. The van der Waals surface area contributed by atoms with Gasteiger partial charge in [-0.2, -0.15) is 0 Å². The van der Waals surface area contributed by atoms with Crippen LogP contribution in [0.1, 0.15) is 20.8 Å². The minimum atomic E-state index is 0. The average molecular weight is 292 g/mol. The summed E-state index contributed by atoms with van der Waals surface area (Å²) in [5, 5.41) is 3.17. The van der Waals surface area contributed by atoms with E-state index in [4.69, 9.17) is 0 Å². The van der Waals surface area contributed by atoms with Crippen LogP contribution in [0.3, 0.4) is 0 Å². The molecule has 5 nitrogen and oxygen atoms in total. The Labute approximate surface area is 122 Å². The maximum Gasteiger partial charge on any atom is 0.242 e. The molecule has 0 radical (unpaired) electrons. The molecule has 1 unspecified atom stereocenters. The van der Waals surface area contributed by atoms with E-state index in [0.717, 1.165) is 13.1 Å². The summed E-state index contributed by atoms with van der Waals surface area (Å²) in [7, 11) is 1.71. The first-order valence-corrected chi connectivity index (χ1v) is 6.74. The van der Waals surface area contributed by atoms with Crippen molar-refractivity contribution < 1.29 is 9.59 Å². The maximum absolute atomic E-state index is 12.1. The Kier molecular flexibility index (Phi) is 8.02. The van der Waals surface area contributed by atoms with Crippen molar-refractivity contribution in [1.29, 1.82) is 0 Å². The van der Waals surface area contributed by atoms with Crippen molar-refractivity contribution in [2.45, 2.75) is 20.8 Å². The molecule has 0 aromatic rings. The fourth-order valence-electron chi connectivity index (χ4n) is 2.17. The molecular weight excluding hydrogens is 266 g/mol. The first-order valence-electron chi connectivity index (χ1n) is 6.74. The Morgan fingerprint density at radius 1 is 1.26 bits per heavy atom. The first kappa shape index (κ1) is 18.2. The number of hydrogen-bond acceptors (Lipinski definition) is 3. The predicted molar refractivity (Wildman–Crippen MR) is 78.3 cm³/mol. The SMILES string of the molecule is CCN(CC)C(=O)CN(C)C(=O)C(C)C1CNC1.Cl. The lowest BCUT2D eigenvalue weighted by molar-refractivity contribution is -0.142. The van der Waals surface area contributed by atoms with E-state index in [1.165, 1.54) is 0 Å². The fourth-order valence-corrected chi connectivity index (χ4v) is 2.17. The number of amides is 2. The molecule has 0 aromatic carbocycles. The summed E-state index contributed by atoms with van der Waals surface area (Å²) >= 11 is 0. The van der Waals surface area contributed by atoms with E-state index in [-0.39, 0.29) is 36.7 Å². The molecule has 0 spiro atoms. The van der Waals surface area contributed by atoms with Gasteiger partial charge in [0.15, 0.2) is 0 Å². The van der Waals surface area contributed by atoms with Gasteiger partial charge in [0.2, 0.25) is 11.8 Å². The summed E-state index contributed by atoms with van der Waals surface area (Å²) in [4.78, 5) is 27.4. The predicted octanol–water partition coefficient (Wildman–Crippen LogP) is 0.591. The van der Waals surface area contributed by atoms with Gasteiger partial charge in [0.25, 0.3) is 0 Å². The largest absolute Gasteiger partial charge is 0.342 e. The van der Waals surface area contributed by atoms with Crippen molar-refractivity contribution >= 4 is 24.2 Å². The highest BCUT2D eigenvalue weighted by atomic mass is 35.5. The zero-order valence-electron chi connectivity index (χ0n) is 12.3. The average Bonchev–Trinajstić information content (AvgIpc) is 2.27. The molecule has 1 saturated heterocycles. The van der Waals surface area contributed by atoms with E-state index >= 15 is 0 Å². The molecule has 0 bridgehead atoms. The number of carbonyl (C=O) groups excluding carboxylic acids is 2. The van der Waals surface area contributed by atoms with Crippen LogP contribution in [-0.4, -0.2) is 61.4 Å². The summed E-state index contributed by atoms with van der Waals surface area (Å²) < 4.78 is 0. The van der Waals surface area contributed by atoms with Crippen molar-refractivity contribution in [2.24, 2.45) is 11.8 Å². The molecule has 1 atom stereocenters. The molecule has 0 saturated carbocycles. The van der Waals surface area contributed by atoms with Crippen LogP contribution in [0.5, 0.6) is 0 Å². The second kappa shape index (κ2) is 8.38. The molecule has 1 N–H and O–H groups in total. The van der Waals surface area contributed by atoms with Crippen LogP contribution in [0.4, 0.5) is 0 Å². The zero-order valence-corrected chi connectivity index (χ0v) is 13.1. The highest BCUT2D eigenvalue weighted by Crippen LogP contribution is 2.17. The first-order chi connectivity index (χ1) is 8.51. The maximum atomic E-state index is 12.1. The third kappa shape index (κ3) is 4.66. The van der Waals surface area contributed by atoms with Gasteiger partial charge in [-0.05, 0) is 32.9 Å². The fraction of sp³-hybridized carbons (Fsp3) is 0.846. The van der Waals surface area contributed by atoms with E-state index < -0.39 is 0 Å². The van der Waals surface area contributed by atoms with Gasteiger partial charge in [-0.15, -0.1) is 12.4 Å². The third-order valence-electron chi connectivity index (χ3n) is 3.77. The number of rotatable bonds is 6. The molecule has 19 heavy (non-hydrogen) atoms. The molecule has 1 heterocycles. The van der Waals surface area contributed by atoms with E-state index in [9.17, 15) is 9.59 Å². The minimum Gasteiger partial charge on any atom is -0.342 e. The highest BCUT2D eigenvalue weighted by Gasteiger charge is 2.31. The normalized spacial score (nSPS) is 16.0. The van der Waals surface area contributed by atoms with Crippen molar-refractivity contribution in [3.63, 3.8) is 0 Å². The summed E-state index contributed by atoms with van der Waals surface area (Å²) in [6.45, 7) is 9.24. The number of hydrogen-bond donors (Lipinski definition) is 1. The van der Waals surface area contributed by atoms with Crippen LogP contribution in [0.25, 0.3) is 0 Å². The summed E-state index contributed by atoms with van der Waals surface area (Å²) in [5.41, 5.74) is 0. The van der Waals surface area contributed by atoms with Gasteiger partial charge < -0.3 is 15.1 Å². The van der Waals surface area contributed by atoms with Crippen LogP contribution in [-0.2, 0) is 9.59 Å². The van der Waals surface area contributed by atoms with Crippen LogP contribution in [0.15, 0.2) is 0 Å². The lowest BCUT2D eigenvalue weighted by atomic mass is 9.88. The topological polar surface area (TPSA) is 52.7 Å². The van der Waals surface area contributed by atoms with Crippen molar-refractivity contribution in [3.05, 3.63) is 0 Å². The number of halogens is 1. The molecule has 112 valence electrons. The number of nitrogens with one attached hydrogen (secondary N) is 1. The molecule has 0 aliphatic carbocycles. The molecule has 2 amide bonds. The summed E-state index contributed by atoms with van der Waals surface area (Å²) in [6.07, 6.45) is 0. The smallest absolute Gasteiger partial charge is 0.242 e. The third-order valence-corrected chi connectivity index (χ3v) is 3.77. The number of likely N-dealkylation sites (N-methyl/N-ethyl adjacent to an activating group) is 2. The quantitative estimate of drug-likeness (QED) is 0.779. The van der Waals surface area contributed by atoms with E-state index in [0.29, 0.717) is 19.0 Å². The van der Waals surface area contributed by atoms with Gasteiger partial charge >= 0.3 is 0 Å². The zero-order chi connectivity index (χ0) is 13.7. The second-order valence-electron chi connectivity index (χ2n) is 4.97. The lowest BCUT2D eigenvalue weighted by Crippen LogP contribution is -2.51. The van der Waals surface area contributed by atoms with Gasteiger partial charge in [-0.25, -0.2) is 0 Å². The molecule has 1 fully saturated rings. The Hall–Kier alpha value is -0.810. The standard InChI is InChI=1S/C13H25N3O2.ClH/c1-5-16(6-2)12(17)9-15(4)13(18)10(3)11-7-14-8-11;/h10-11,14H,5-9H2,1-4H3;1H. The Morgan fingerprint density at radius 2 is 1.79 bits per heavy atom. The van der Waals surface area contributed by atoms with Crippen molar-refractivity contribution in [2.75, 3.05) is 39.8 Å². The second-order valence-corrected chi connectivity index (χ2v) is 4.97. The molecule has 1 aliphatic rings. The van der Waals surface area contributed by atoms with Crippen molar-refractivity contribution in [1.82, 2.24) is 15.1 Å². The van der Waals surface area contributed by atoms with E-state index in [1.807, 2.05) is 20.8 Å². The van der Waals surface area contributed by atoms with Crippen LogP contribution in [0.2, 0.25) is 0 Å². The number of nitrogens with zero attached hydrogens (tertiary/aromatic N) is 2. The van der Waals surface area contributed by atoms with Gasteiger partial charge in [0.1, 0.15) is 0 Å². The monoisotopic (exact) mass is 291 g/mol. The molecule has 1 aliphatic heterocycles. The van der Waals surface area contributed by atoms with Crippen LogP contribution < -0.4 is 5.32 Å². The lowest BCUT2D eigenvalue weighted by Gasteiger charge is -2.34. The van der Waals surface area contributed by atoms with Gasteiger partial charge in [0, 0.05) is 26.1 Å². The summed E-state index contributed by atoms with van der Waals surface area (Å²) in [5.74, 6) is 0.515. The Bertz CT molecular complexity index is 304. The molecular formula is C13H26ClN3O2. The molecule has 1 rings (SSSR count). The van der Waals surface area contributed by atoms with E-state index in [2.05, 4.69) is 5.32 Å². The minimum absolute atomic E-state index is 0. The van der Waals surface area contributed by atoms with Crippen molar-refractivity contribution in [3.8, 4) is 0 Å².